The Balaban J connectivity index is 1.73. The van der Waals surface area contributed by atoms with Gasteiger partial charge in [0.1, 0.15) is 5.69 Å². The molecule has 0 N–H and O–H groups in total. The van der Waals surface area contributed by atoms with Gasteiger partial charge >= 0.3 is 0 Å². The molecule has 2 atom stereocenters. The summed E-state index contributed by atoms with van der Waals surface area (Å²) in [4.78, 5) is 19.1. The van der Waals surface area contributed by atoms with Crippen molar-refractivity contribution in [3.63, 3.8) is 0 Å². The Hall–Kier alpha value is -2.57. The maximum absolute atomic E-state index is 12.0. The molecule has 0 saturated carbocycles. The Morgan fingerprint density at radius 3 is 2.61 bits per heavy atom. The fourth-order valence-electron chi connectivity index (χ4n) is 4.02. The third-order valence-electron chi connectivity index (χ3n) is 5.15. The van der Waals surface area contributed by atoms with Gasteiger partial charge in [0.25, 0.3) is 0 Å². The highest BCUT2D eigenvalue weighted by Crippen LogP contribution is 2.29. The van der Waals surface area contributed by atoms with Crippen LogP contribution >= 0.6 is 0 Å². The second-order valence-corrected chi connectivity index (χ2v) is 7.82. The van der Waals surface area contributed by atoms with E-state index in [1.807, 2.05) is 25.5 Å². The molecular formula is C22H26N4O2. The van der Waals surface area contributed by atoms with Gasteiger partial charge in [-0.15, -0.1) is 0 Å². The average molecular weight is 378 g/mol. The van der Waals surface area contributed by atoms with Gasteiger partial charge in [-0.1, -0.05) is 12.1 Å². The summed E-state index contributed by atoms with van der Waals surface area (Å²) in [6.45, 7) is 8.48. The number of rotatable bonds is 4. The Bertz CT molecular complexity index is 1020. The summed E-state index contributed by atoms with van der Waals surface area (Å²) in [5.41, 5.74) is 4.50. The number of benzene rings is 1. The first kappa shape index (κ1) is 18.8. The number of fused-ring (bicyclic) bond motifs is 1. The van der Waals surface area contributed by atoms with Crippen LogP contribution in [0.4, 0.5) is 0 Å². The van der Waals surface area contributed by atoms with Crippen molar-refractivity contribution in [2.45, 2.75) is 39.5 Å². The lowest BCUT2D eigenvalue weighted by Gasteiger charge is -2.35. The monoisotopic (exact) mass is 378 g/mol. The van der Waals surface area contributed by atoms with Crippen LogP contribution < -0.4 is 0 Å². The molecule has 3 heterocycles. The summed E-state index contributed by atoms with van der Waals surface area (Å²) < 4.78 is 7.60. The lowest BCUT2D eigenvalue weighted by Crippen LogP contribution is -2.44. The number of hydrogen-bond donors (Lipinski definition) is 0. The van der Waals surface area contributed by atoms with Gasteiger partial charge in [0.2, 0.25) is 0 Å². The fraction of sp³-hybridized carbons (Fsp3) is 0.409. The van der Waals surface area contributed by atoms with Gasteiger partial charge in [-0.05, 0) is 37.1 Å². The van der Waals surface area contributed by atoms with E-state index in [1.165, 1.54) is 5.56 Å². The number of ether oxygens (including phenoxy) is 1. The van der Waals surface area contributed by atoms with Gasteiger partial charge < -0.3 is 4.74 Å². The number of aryl methyl sites for hydroxylation is 1. The minimum Gasteiger partial charge on any atom is -0.373 e. The molecule has 4 rings (SSSR count). The van der Waals surface area contributed by atoms with Crippen molar-refractivity contribution < 1.29 is 9.53 Å². The molecule has 28 heavy (non-hydrogen) atoms. The molecule has 0 amide bonds. The molecule has 1 saturated heterocycles. The van der Waals surface area contributed by atoms with Gasteiger partial charge in [0.05, 0.1) is 23.9 Å². The zero-order valence-corrected chi connectivity index (χ0v) is 16.8. The average Bonchev–Trinajstić information content (AvgIpc) is 3.05. The molecule has 3 aromatic rings. The molecule has 0 radical (unpaired) electrons. The fourth-order valence-corrected chi connectivity index (χ4v) is 4.02. The van der Waals surface area contributed by atoms with Crippen LogP contribution in [0.1, 0.15) is 36.8 Å². The van der Waals surface area contributed by atoms with Crippen LogP contribution in [0.3, 0.4) is 0 Å². The van der Waals surface area contributed by atoms with E-state index in [0.717, 1.165) is 41.7 Å². The van der Waals surface area contributed by atoms with Crippen LogP contribution in [0.2, 0.25) is 0 Å². The van der Waals surface area contributed by atoms with Crippen molar-refractivity contribution in [2.75, 3.05) is 13.1 Å². The molecule has 2 aromatic heterocycles. The number of hydrogen-bond acceptors (Lipinski definition) is 5. The van der Waals surface area contributed by atoms with Crippen molar-refractivity contribution >= 4 is 16.7 Å². The zero-order chi connectivity index (χ0) is 19.8. The lowest BCUT2D eigenvalue weighted by atomic mass is 10.00. The van der Waals surface area contributed by atoms with Gasteiger partial charge in [0.15, 0.2) is 5.78 Å². The normalized spacial score (nSPS) is 20.6. The maximum Gasteiger partial charge on any atom is 0.178 e. The summed E-state index contributed by atoms with van der Waals surface area (Å²) in [6.07, 6.45) is 4.26. The molecule has 1 aliphatic heterocycles. The van der Waals surface area contributed by atoms with E-state index in [2.05, 4.69) is 47.0 Å². The number of carbonyl (C=O) groups excluding carboxylic acids is 1. The van der Waals surface area contributed by atoms with Crippen molar-refractivity contribution in [3.8, 4) is 11.1 Å². The molecule has 1 aromatic carbocycles. The summed E-state index contributed by atoms with van der Waals surface area (Å²) in [6, 6.07) is 8.23. The van der Waals surface area contributed by atoms with Crippen molar-refractivity contribution in [3.05, 3.63) is 47.9 Å². The predicted molar refractivity (Wildman–Crippen MR) is 109 cm³/mol. The number of ketones is 1. The summed E-state index contributed by atoms with van der Waals surface area (Å²) in [5, 5.41) is 5.31. The van der Waals surface area contributed by atoms with Gasteiger partial charge in [-0.25, -0.2) is 4.98 Å². The standard InChI is InChI=1S/C22H26N4O2/c1-14-10-26(11-15(2)28-14)12-17-5-6-19-20(18-9-23-25(4)13-18)8-21(16(3)27)24-22(19)7-17/h5-9,13-15H,10-12H2,1-4H3/t14-,15+. The summed E-state index contributed by atoms with van der Waals surface area (Å²) >= 11 is 0. The molecule has 0 aliphatic carbocycles. The molecule has 0 spiro atoms. The summed E-state index contributed by atoms with van der Waals surface area (Å²) in [7, 11) is 1.89. The van der Waals surface area contributed by atoms with Gasteiger partial charge in [0, 0.05) is 50.8 Å². The Kier molecular flexibility index (Phi) is 5.00. The summed E-state index contributed by atoms with van der Waals surface area (Å²) in [5.74, 6) is -0.0340. The van der Waals surface area contributed by atoms with Crippen molar-refractivity contribution in [1.29, 1.82) is 0 Å². The van der Waals surface area contributed by atoms with Crippen LogP contribution in [0.15, 0.2) is 36.7 Å². The smallest absolute Gasteiger partial charge is 0.178 e. The first-order chi connectivity index (χ1) is 13.4. The molecule has 146 valence electrons. The van der Waals surface area contributed by atoms with Crippen molar-refractivity contribution in [1.82, 2.24) is 19.7 Å². The quantitative estimate of drug-likeness (QED) is 0.651. The minimum atomic E-state index is -0.0340. The minimum absolute atomic E-state index is 0.0340. The van der Waals surface area contributed by atoms with Crippen LogP contribution in [-0.2, 0) is 18.3 Å². The van der Waals surface area contributed by atoms with Crippen LogP contribution in [0.5, 0.6) is 0 Å². The maximum atomic E-state index is 12.0. The third kappa shape index (κ3) is 3.84. The molecule has 0 bridgehead atoms. The van der Waals surface area contributed by atoms with E-state index in [9.17, 15) is 4.79 Å². The molecule has 1 fully saturated rings. The van der Waals surface area contributed by atoms with E-state index in [4.69, 9.17) is 4.74 Å². The highest BCUT2D eigenvalue weighted by atomic mass is 16.5. The Labute approximate surface area is 165 Å². The third-order valence-corrected chi connectivity index (χ3v) is 5.15. The molecule has 6 heteroatoms. The molecule has 1 aliphatic rings. The number of carbonyl (C=O) groups is 1. The number of Topliss-reactive ketones (excluding diaryl/α,β-unsaturated/α-hetero) is 1. The van der Waals surface area contributed by atoms with Crippen LogP contribution in [0, 0.1) is 0 Å². The van der Waals surface area contributed by atoms with E-state index in [-0.39, 0.29) is 18.0 Å². The van der Waals surface area contributed by atoms with Crippen LogP contribution in [-0.4, -0.2) is 50.7 Å². The van der Waals surface area contributed by atoms with E-state index >= 15 is 0 Å². The highest BCUT2D eigenvalue weighted by molar-refractivity contribution is 6.01. The molecular weight excluding hydrogens is 352 g/mol. The molecule has 0 unspecified atom stereocenters. The second-order valence-electron chi connectivity index (χ2n) is 7.82. The largest absolute Gasteiger partial charge is 0.373 e. The number of aromatic nitrogens is 3. The Morgan fingerprint density at radius 1 is 1.21 bits per heavy atom. The molecule has 6 nitrogen and oxygen atoms in total. The van der Waals surface area contributed by atoms with Gasteiger partial charge in [-0.2, -0.15) is 5.10 Å². The number of pyridine rings is 1. The zero-order valence-electron chi connectivity index (χ0n) is 16.8. The number of morpholine rings is 1. The van der Waals surface area contributed by atoms with Crippen LogP contribution in [0.25, 0.3) is 22.0 Å². The Morgan fingerprint density at radius 2 is 1.96 bits per heavy atom. The van der Waals surface area contributed by atoms with E-state index in [1.54, 1.807) is 11.6 Å². The number of nitrogens with zero attached hydrogens (tertiary/aromatic N) is 4. The van der Waals surface area contributed by atoms with E-state index in [0.29, 0.717) is 5.69 Å². The first-order valence-electron chi connectivity index (χ1n) is 9.70. The van der Waals surface area contributed by atoms with Crippen molar-refractivity contribution in [2.24, 2.45) is 7.05 Å². The SMILES string of the molecule is CC(=O)c1cc(-c2cnn(C)c2)c2ccc(CN3C[C@@H](C)O[C@@H](C)C3)cc2n1. The topological polar surface area (TPSA) is 60.2 Å². The van der Waals surface area contributed by atoms with E-state index < -0.39 is 0 Å². The predicted octanol–water partition coefficient (Wildman–Crippen LogP) is 3.45. The second kappa shape index (κ2) is 7.45. The highest BCUT2D eigenvalue weighted by Gasteiger charge is 2.22. The van der Waals surface area contributed by atoms with Gasteiger partial charge in [-0.3, -0.25) is 14.4 Å². The lowest BCUT2D eigenvalue weighted by molar-refractivity contribution is -0.0704. The first-order valence-corrected chi connectivity index (χ1v) is 9.70.